The number of amides is 1. The first-order valence-electron chi connectivity index (χ1n) is 5.96. The van der Waals surface area contributed by atoms with Crippen LogP contribution >= 0.6 is 0 Å². The number of anilines is 1. The lowest BCUT2D eigenvalue weighted by atomic mass is 10.2. The lowest BCUT2D eigenvalue weighted by Crippen LogP contribution is -2.19. The highest BCUT2D eigenvalue weighted by atomic mass is 32.2. The van der Waals surface area contributed by atoms with Crippen LogP contribution in [0.2, 0.25) is 0 Å². The SMILES string of the molecule is CNC(=O)c1cccc(NS(=O)(=O)c2ccc(=O)[nH]c2)c1. The van der Waals surface area contributed by atoms with E-state index in [1.807, 2.05) is 0 Å². The van der Waals surface area contributed by atoms with E-state index < -0.39 is 15.6 Å². The highest BCUT2D eigenvalue weighted by Crippen LogP contribution is 2.16. The van der Waals surface area contributed by atoms with E-state index in [1.54, 1.807) is 12.1 Å². The number of sulfonamides is 1. The standard InChI is InChI=1S/C13H13N3O4S/c1-14-13(18)9-3-2-4-10(7-9)16-21(19,20)11-5-6-12(17)15-8-11/h2-8,16H,1H3,(H,14,18)(H,15,17). The lowest BCUT2D eigenvalue weighted by molar-refractivity contribution is 0.0963. The predicted molar refractivity (Wildman–Crippen MR) is 77.7 cm³/mol. The Morgan fingerprint density at radius 3 is 2.57 bits per heavy atom. The third-order valence-corrected chi connectivity index (χ3v) is 4.05. The topological polar surface area (TPSA) is 108 Å². The van der Waals surface area contributed by atoms with Gasteiger partial charge < -0.3 is 10.3 Å². The van der Waals surface area contributed by atoms with Crippen molar-refractivity contribution in [2.24, 2.45) is 0 Å². The number of aromatic amines is 1. The van der Waals surface area contributed by atoms with Gasteiger partial charge in [0.2, 0.25) is 5.56 Å². The van der Waals surface area contributed by atoms with Gasteiger partial charge in [0, 0.05) is 30.6 Å². The fourth-order valence-electron chi connectivity index (χ4n) is 1.65. The quantitative estimate of drug-likeness (QED) is 0.766. The van der Waals surface area contributed by atoms with E-state index in [4.69, 9.17) is 0 Å². The highest BCUT2D eigenvalue weighted by molar-refractivity contribution is 7.92. The number of hydrogen-bond acceptors (Lipinski definition) is 4. The summed E-state index contributed by atoms with van der Waals surface area (Å²) in [4.78, 5) is 24.7. The van der Waals surface area contributed by atoms with Crippen molar-refractivity contribution in [1.82, 2.24) is 10.3 Å². The molecule has 0 aliphatic heterocycles. The number of aromatic nitrogens is 1. The van der Waals surface area contributed by atoms with Gasteiger partial charge in [-0.15, -0.1) is 0 Å². The number of rotatable bonds is 4. The Kier molecular flexibility index (Phi) is 4.08. The van der Waals surface area contributed by atoms with Crippen molar-refractivity contribution in [2.75, 3.05) is 11.8 Å². The second-order valence-electron chi connectivity index (χ2n) is 4.15. The van der Waals surface area contributed by atoms with Crippen LogP contribution in [-0.4, -0.2) is 26.4 Å². The van der Waals surface area contributed by atoms with Crippen LogP contribution in [0.4, 0.5) is 5.69 Å². The van der Waals surface area contributed by atoms with Crippen molar-refractivity contribution >= 4 is 21.6 Å². The van der Waals surface area contributed by atoms with E-state index in [0.29, 0.717) is 5.56 Å². The van der Waals surface area contributed by atoms with Gasteiger partial charge in [-0.05, 0) is 24.3 Å². The van der Waals surface area contributed by atoms with Gasteiger partial charge in [-0.25, -0.2) is 8.42 Å². The second kappa shape index (κ2) is 5.80. The van der Waals surface area contributed by atoms with Crippen LogP contribution in [0.3, 0.4) is 0 Å². The molecule has 7 nitrogen and oxygen atoms in total. The highest BCUT2D eigenvalue weighted by Gasteiger charge is 2.15. The lowest BCUT2D eigenvalue weighted by Gasteiger charge is -2.09. The Morgan fingerprint density at radius 1 is 1.19 bits per heavy atom. The molecule has 8 heteroatoms. The molecular formula is C13H13N3O4S. The Balaban J connectivity index is 2.30. The first kappa shape index (κ1) is 14.8. The third kappa shape index (κ3) is 3.48. The summed E-state index contributed by atoms with van der Waals surface area (Å²) in [7, 11) is -2.35. The molecule has 0 radical (unpaired) electrons. The molecular weight excluding hydrogens is 294 g/mol. The van der Waals surface area contributed by atoms with Gasteiger partial charge in [-0.2, -0.15) is 0 Å². The van der Waals surface area contributed by atoms with Gasteiger partial charge in [-0.1, -0.05) is 6.07 Å². The number of benzene rings is 1. The number of carbonyl (C=O) groups excluding carboxylic acids is 1. The van der Waals surface area contributed by atoms with Gasteiger partial charge in [0.1, 0.15) is 4.90 Å². The Morgan fingerprint density at radius 2 is 1.95 bits per heavy atom. The molecule has 0 fully saturated rings. The number of carbonyl (C=O) groups is 1. The molecule has 0 bridgehead atoms. The van der Waals surface area contributed by atoms with E-state index in [2.05, 4.69) is 15.0 Å². The van der Waals surface area contributed by atoms with E-state index >= 15 is 0 Å². The molecule has 0 spiro atoms. The van der Waals surface area contributed by atoms with Crippen molar-refractivity contribution in [1.29, 1.82) is 0 Å². The maximum Gasteiger partial charge on any atom is 0.263 e. The molecule has 0 unspecified atom stereocenters. The van der Waals surface area contributed by atoms with Crippen LogP contribution in [0.1, 0.15) is 10.4 Å². The van der Waals surface area contributed by atoms with Crippen LogP contribution in [-0.2, 0) is 10.0 Å². The summed E-state index contributed by atoms with van der Waals surface area (Å²) in [5, 5.41) is 2.45. The predicted octanol–water partition coefficient (Wildman–Crippen LogP) is 0.535. The second-order valence-corrected chi connectivity index (χ2v) is 5.84. The van der Waals surface area contributed by atoms with E-state index in [9.17, 15) is 18.0 Å². The molecule has 0 saturated carbocycles. The van der Waals surface area contributed by atoms with E-state index in [0.717, 1.165) is 12.3 Å². The van der Waals surface area contributed by atoms with Crippen LogP contribution in [0, 0.1) is 0 Å². The Hall–Kier alpha value is -2.61. The van der Waals surface area contributed by atoms with Gasteiger partial charge in [0.15, 0.2) is 0 Å². The van der Waals surface area contributed by atoms with Crippen molar-refractivity contribution in [3.63, 3.8) is 0 Å². The monoisotopic (exact) mass is 307 g/mol. The maximum atomic E-state index is 12.1. The molecule has 1 heterocycles. The molecule has 0 aliphatic carbocycles. The number of nitrogens with one attached hydrogen (secondary N) is 3. The normalized spacial score (nSPS) is 10.9. The van der Waals surface area contributed by atoms with Crippen molar-refractivity contribution in [3.05, 3.63) is 58.5 Å². The molecule has 1 aromatic heterocycles. The summed E-state index contributed by atoms with van der Waals surface area (Å²) in [5.74, 6) is -0.319. The van der Waals surface area contributed by atoms with Gasteiger partial charge in [-0.3, -0.25) is 14.3 Å². The molecule has 0 saturated heterocycles. The Bertz CT molecular complexity index is 807. The summed E-state index contributed by atoms with van der Waals surface area (Å²) in [6.45, 7) is 0. The summed E-state index contributed by atoms with van der Waals surface area (Å²) >= 11 is 0. The molecule has 1 aromatic carbocycles. The molecule has 110 valence electrons. The summed E-state index contributed by atoms with van der Waals surface area (Å²) in [6.07, 6.45) is 1.10. The van der Waals surface area contributed by atoms with Crippen LogP contribution in [0.25, 0.3) is 0 Å². The zero-order valence-electron chi connectivity index (χ0n) is 11.1. The minimum atomic E-state index is -3.83. The van der Waals surface area contributed by atoms with Crippen LogP contribution in [0.5, 0.6) is 0 Å². The maximum absolute atomic E-state index is 12.1. The molecule has 2 aromatic rings. The fourth-order valence-corrected chi connectivity index (χ4v) is 2.66. The van der Waals surface area contributed by atoms with Crippen molar-refractivity contribution in [2.45, 2.75) is 4.90 Å². The fraction of sp³-hybridized carbons (Fsp3) is 0.0769. The van der Waals surface area contributed by atoms with E-state index in [1.165, 1.54) is 25.2 Å². The molecule has 0 aliphatic rings. The molecule has 3 N–H and O–H groups in total. The average Bonchev–Trinajstić information content (AvgIpc) is 2.46. The first-order chi connectivity index (χ1) is 9.92. The molecule has 0 atom stereocenters. The van der Waals surface area contributed by atoms with Crippen molar-refractivity contribution < 1.29 is 13.2 Å². The minimum absolute atomic E-state index is 0.0764. The van der Waals surface area contributed by atoms with Gasteiger partial charge in [0.25, 0.3) is 15.9 Å². The average molecular weight is 307 g/mol. The zero-order chi connectivity index (χ0) is 15.5. The van der Waals surface area contributed by atoms with Crippen molar-refractivity contribution in [3.8, 4) is 0 Å². The number of H-pyrrole nitrogens is 1. The first-order valence-corrected chi connectivity index (χ1v) is 7.44. The zero-order valence-corrected chi connectivity index (χ0v) is 11.9. The number of pyridine rings is 1. The molecule has 2 rings (SSSR count). The smallest absolute Gasteiger partial charge is 0.263 e. The molecule has 21 heavy (non-hydrogen) atoms. The molecule has 1 amide bonds. The van der Waals surface area contributed by atoms with Crippen LogP contribution in [0.15, 0.2) is 52.3 Å². The summed E-state index contributed by atoms with van der Waals surface area (Å²) < 4.78 is 26.6. The summed E-state index contributed by atoms with van der Waals surface area (Å²) in [5.41, 5.74) is 0.192. The van der Waals surface area contributed by atoms with Gasteiger partial charge in [0.05, 0.1) is 0 Å². The Labute approximate surface area is 121 Å². The van der Waals surface area contributed by atoms with Gasteiger partial charge >= 0.3 is 0 Å². The van der Waals surface area contributed by atoms with Crippen LogP contribution < -0.4 is 15.6 Å². The number of hydrogen-bond donors (Lipinski definition) is 3. The largest absolute Gasteiger partial charge is 0.355 e. The minimum Gasteiger partial charge on any atom is -0.355 e. The third-order valence-electron chi connectivity index (χ3n) is 2.67. The van der Waals surface area contributed by atoms with E-state index in [-0.39, 0.29) is 16.5 Å². The summed E-state index contributed by atoms with van der Waals surface area (Å²) in [6, 6.07) is 8.39.